The van der Waals surface area contributed by atoms with Gasteiger partial charge in [-0.15, -0.1) is 0 Å². The Bertz CT molecular complexity index is 497. The third-order valence-corrected chi connectivity index (χ3v) is 2.90. The minimum Gasteiger partial charge on any atom is -0.330 e. The van der Waals surface area contributed by atoms with Crippen molar-refractivity contribution in [1.29, 1.82) is 0 Å². The van der Waals surface area contributed by atoms with E-state index in [0.29, 0.717) is 12.6 Å². The number of aromatic nitrogens is 2. The largest absolute Gasteiger partial charge is 0.330 e. The summed E-state index contributed by atoms with van der Waals surface area (Å²) in [5.41, 5.74) is 9.31. The zero-order valence-electron chi connectivity index (χ0n) is 10.2. The minimum absolute atomic E-state index is 0.384. The third-order valence-electron chi connectivity index (χ3n) is 2.90. The lowest BCUT2D eigenvalue weighted by Gasteiger charge is -2.10. The lowest BCUT2D eigenvalue weighted by Crippen LogP contribution is -2.07. The van der Waals surface area contributed by atoms with Crippen molar-refractivity contribution in [2.24, 2.45) is 5.73 Å². The molecule has 3 nitrogen and oxygen atoms in total. The van der Waals surface area contributed by atoms with E-state index in [9.17, 15) is 0 Å². The van der Waals surface area contributed by atoms with Crippen LogP contribution in [0.2, 0.25) is 0 Å². The van der Waals surface area contributed by atoms with Gasteiger partial charge in [-0.05, 0) is 39.3 Å². The van der Waals surface area contributed by atoms with E-state index in [4.69, 9.17) is 5.73 Å². The number of para-hydroxylation sites is 1. The first-order valence-corrected chi connectivity index (χ1v) is 5.82. The Morgan fingerprint density at radius 1 is 1.38 bits per heavy atom. The molecule has 3 heteroatoms. The Morgan fingerprint density at radius 2 is 2.12 bits per heavy atom. The number of hydrogen-bond acceptors (Lipinski definition) is 2. The van der Waals surface area contributed by atoms with Crippen LogP contribution in [0.5, 0.6) is 0 Å². The maximum atomic E-state index is 5.65. The molecule has 1 aromatic heterocycles. The van der Waals surface area contributed by atoms with E-state index < -0.39 is 0 Å². The van der Waals surface area contributed by atoms with E-state index in [1.807, 2.05) is 0 Å². The molecular weight excluding hydrogens is 198 g/mol. The molecule has 2 N–H and O–H groups in total. The van der Waals surface area contributed by atoms with E-state index in [2.05, 4.69) is 48.8 Å². The van der Waals surface area contributed by atoms with Crippen molar-refractivity contribution < 1.29 is 0 Å². The Balaban J connectivity index is 2.72. The van der Waals surface area contributed by atoms with Crippen LogP contribution in [-0.4, -0.2) is 16.3 Å². The molecule has 0 spiro atoms. The van der Waals surface area contributed by atoms with Crippen LogP contribution in [-0.2, 0) is 6.42 Å². The van der Waals surface area contributed by atoms with Crippen LogP contribution in [0.15, 0.2) is 18.2 Å². The van der Waals surface area contributed by atoms with Crippen molar-refractivity contribution in [2.45, 2.75) is 33.2 Å². The van der Waals surface area contributed by atoms with Gasteiger partial charge in [0, 0.05) is 11.4 Å². The van der Waals surface area contributed by atoms with Gasteiger partial charge in [-0.1, -0.05) is 18.2 Å². The van der Waals surface area contributed by atoms with Crippen LogP contribution in [0.1, 0.15) is 31.1 Å². The normalized spacial score (nSPS) is 11.6. The Hall–Kier alpha value is -1.35. The average molecular weight is 217 g/mol. The second kappa shape index (κ2) is 4.26. The topological polar surface area (TPSA) is 43.8 Å². The SMILES string of the molecule is Cc1nn(C(C)C)c2c(CCN)cccc12. The molecule has 0 aliphatic carbocycles. The summed E-state index contributed by atoms with van der Waals surface area (Å²) >= 11 is 0. The van der Waals surface area contributed by atoms with Gasteiger partial charge in [-0.3, -0.25) is 4.68 Å². The molecule has 0 amide bonds. The first-order chi connectivity index (χ1) is 7.65. The van der Waals surface area contributed by atoms with Gasteiger partial charge in [0.2, 0.25) is 0 Å². The molecule has 1 aromatic carbocycles. The molecule has 0 bridgehead atoms. The van der Waals surface area contributed by atoms with Crippen LogP contribution in [0.3, 0.4) is 0 Å². The fourth-order valence-corrected chi connectivity index (χ4v) is 2.15. The quantitative estimate of drug-likeness (QED) is 0.858. The van der Waals surface area contributed by atoms with Gasteiger partial charge in [0.25, 0.3) is 0 Å². The summed E-state index contributed by atoms with van der Waals surface area (Å²) < 4.78 is 2.11. The molecule has 16 heavy (non-hydrogen) atoms. The average Bonchev–Trinajstić information content (AvgIpc) is 2.58. The van der Waals surface area contributed by atoms with Crippen LogP contribution in [0.4, 0.5) is 0 Å². The monoisotopic (exact) mass is 217 g/mol. The molecular formula is C13H19N3. The van der Waals surface area contributed by atoms with Crippen LogP contribution in [0.25, 0.3) is 10.9 Å². The van der Waals surface area contributed by atoms with E-state index in [-0.39, 0.29) is 0 Å². The first-order valence-electron chi connectivity index (χ1n) is 5.82. The first kappa shape index (κ1) is 11.1. The number of benzene rings is 1. The molecule has 0 saturated heterocycles. The summed E-state index contributed by atoms with van der Waals surface area (Å²) in [6.07, 6.45) is 0.912. The Kier molecular flexibility index (Phi) is 2.97. The molecule has 2 aromatic rings. The molecule has 0 radical (unpaired) electrons. The Labute approximate surface area is 96.2 Å². The number of rotatable bonds is 3. The van der Waals surface area contributed by atoms with Gasteiger partial charge < -0.3 is 5.73 Å². The maximum absolute atomic E-state index is 5.65. The highest BCUT2D eigenvalue weighted by molar-refractivity contribution is 5.85. The fraction of sp³-hybridized carbons (Fsp3) is 0.462. The number of hydrogen-bond donors (Lipinski definition) is 1. The maximum Gasteiger partial charge on any atom is 0.0720 e. The summed E-state index contributed by atoms with van der Waals surface area (Å²) in [6.45, 7) is 7.06. The second-order valence-corrected chi connectivity index (χ2v) is 4.48. The highest BCUT2D eigenvalue weighted by Crippen LogP contribution is 2.24. The van der Waals surface area contributed by atoms with E-state index in [1.165, 1.54) is 16.5 Å². The molecule has 0 atom stereocenters. The molecule has 0 fully saturated rings. The number of aryl methyl sites for hydroxylation is 1. The van der Waals surface area contributed by atoms with Gasteiger partial charge in [0.1, 0.15) is 0 Å². The molecule has 1 heterocycles. The molecule has 0 aliphatic rings. The molecule has 0 aliphatic heterocycles. The van der Waals surface area contributed by atoms with Gasteiger partial charge >= 0.3 is 0 Å². The van der Waals surface area contributed by atoms with E-state index in [1.54, 1.807) is 0 Å². The summed E-state index contributed by atoms with van der Waals surface area (Å²) in [4.78, 5) is 0. The van der Waals surface area contributed by atoms with Crippen molar-refractivity contribution in [3.63, 3.8) is 0 Å². The number of fused-ring (bicyclic) bond motifs is 1. The summed E-state index contributed by atoms with van der Waals surface area (Å²) in [5, 5.41) is 5.86. The predicted octanol–water partition coefficient (Wildman–Crippen LogP) is 2.43. The summed E-state index contributed by atoms with van der Waals surface area (Å²) in [7, 11) is 0. The van der Waals surface area contributed by atoms with Crippen molar-refractivity contribution in [1.82, 2.24) is 9.78 Å². The predicted molar refractivity (Wildman–Crippen MR) is 67.6 cm³/mol. The summed E-state index contributed by atoms with van der Waals surface area (Å²) in [6, 6.07) is 6.76. The highest BCUT2D eigenvalue weighted by Gasteiger charge is 2.12. The zero-order chi connectivity index (χ0) is 11.7. The van der Waals surface area contributed by atoms with Crippen LogP contribution >= 0.6 is 0 Å². The molecule has 2 rings (SSSR count). The van der Waals surface area contributed by atoms with Gasteiger partial charge in [-0.25, -0.2) is 0 Å². The van der Waals surface area contributed by atoms with Crippen molar-refractivity contribution >= 4 is 10.9 Å². The lowest BCUT2D eigenvalue weighted by atomic mass is 10.1. The van der Waals surface area contributed by atoms with Crippen LogP contribution in [0, 0.1) is 6.92 Å². The smallest absolute Gasteiger partial charge is 0.0720 e. The van der Waals surface area contributed by atoms with Crippen LogP contribution < -0.4 is 5.73 Å². The van der Waals surface area contributed by atoms with E-state index in [0.717, 1.165) is 12.1 Å². The van der Waals surface area contributed by atoms with Gasteiger partial charge in [0.05, 0.1) is 11.2 Å². The number of nitrogens with zero attached hydrogens (tertiary/aromatic N) is 2. The second-order valence-electron chi connectivity index (χ2n) is 4.48. The zero-order valence-corrected chi connectivity index (χ0v) is 10.2. The molecule has 0 saturated carbocycles. The fourth-order valence-electron chi connectivity index (χ4n) is 2.15. The van der Waals surface area contributed by atoms with Gasteiger partial charge in [0.15, 0.2) is 0 Å². The van der Waals surface area contributed by atoms with Crippen molar-refractivity contribution in [3.8, 4) is 0 Å². The molecule has 86 valence electrons. The third kappa shape index (κ3) is 1.71. The highest BCUT2D eigenvalue weighted by atomic mass is 15.3. The van der Waals surface area contributed by atoms with Gasteiger partial charge in [-0.2, -0.15) is 5.10 Å². The molecule has 0 unspecified atom stereocenters. The number of nitrogens with two attached hydrogens (primary N) is 1. The van der Waals surface area contributed by atoms with Crippen molar-refractivity contribution in [2.75, 3.05) is 6.54 Å². The summed E-state index contributed by atoms with van der Waals surface area (Å²) in [5.74, 6) is 0. The Morgan fingerprint density at radius 3 is 2.75 bits per heavy atom. The minimum atomic E-state index is 0.384. The lowest BCUT2D eigenvalue weighted by molar-refractivity contribution is 0.545. The van der Waals surface area contributed by atoms with E-state index >= 15 is 0 Å². The van der Waals surface area contributed by atoms with Crippen molar-refractivity contribution in [3.05, 3.63) is 29.5 Å². The standard InChI is InChI=1S/C13H19N3/c1-9(2)16-13-11(7-8-14)5-4-6-12(13)10(3)15-16/h4-6,9H,7-8,14H2,1-3H3.